The van der Waals surface area contributed by atoms with E-state index in [1.807, 2.05) is 0 Å². The molecular weight excluding hydrogens is 286 g/mol. The fraction of sp³-hybridized carbons (Fsp3) is 0.538. The van der Waals surface area contributed by atoms with Gasteiger partial charge in [0.2, 0.25) is 10.0 Å². The first-order valence-electron chi connectivity index (χ1n) is 6.39. The van der Waals surface area contributed by atoms with Crippen LogP contribution in [-0.2, 0) is 14.8 Å². The van der Waals surface area contributed by atoms with Gasteiger partial charge in [-0.2, -0.15) is 0 Å². The Morgan fingerprint density at radius 2 is 1.79 bits per heavy atom. The third kappa shape index (κ3) is 6.38. The number of unbranched alkanes of at least 4 members (excludes halogenated alkanes) is 1. The molecule has 0 unspecified atom stereocenters. The first-order chi connectivity index (χ1) is 9.06. The van der Waals surface area contributed by atoms with E-state index < -0.39 is 10.0 Å². The highest BCUT2D eigenvalue weighted by atomic mass is 35.5. The minimum absolute atomic E-state index is 0.226. The van der Waals surface area contributed by atoms with E-state index in [0.717, 1.165) is 19.4 Å². The molecule has 4 nitrogen and oxygen atoms in total. The first-order valence-corrected chi connectivity index (χ1v) is 8.25. The Morgan fingerprint density at radius 3 is 2.42 bits per heavy atom. The van der Waals surface area contributed by atoms with Crippen LogP contribution in [0, 0.1) is 0 Å². The highest BCUT2D eigenvalue weighted by molar-refractivity contribution is 7.89. The summed E-state index contributed by atoms with van der Waals surface area (Å²) in [7, 11) is -3.44. The van der Waals surface area contributed by atoms with E-state index in [-0.39, 0.29) is 4.90 Å². The zero-order chi connectivity index (χ0) is 14.1. The SMILES string of the molecule is CCCCOCCCNS(=O)(=O)c1ccc(Cl)cc1. The minimum atomic E-state index is -3.44. The van der Waals surface area contributed by atoms with Gasteiger partial charge in [-0.1, -0.05) is 24.9 Å². The molecule has 108 valence electrons. The van der Waals surface area contributed by atoms with Crippen molar-refractivity contribution in [3.8, 4) is 0 Å². The Balaban J connectivity index is 2.29. The maximum absolute atomic E-state index is 11.9. The van der Waals surface area contributed by atoms with Crippen LogP contribution in [0.1, 0.15) is 26.2 Å². The molecule has 0 radical (unpaired) electrons. The molecule has 0 aliphatic heterocycles. The van der Waals surface area contributed by atoms with Crippen molar-refractivity contribution < 1.29 is 13.2 Å². The molecule has 0 saturated carbocycles. The van der Waals surface area contributed by atoms with Crippen LogP contribution >= 0.6 is 11.6 Å². The molecule has 0 heterocycles. The van der Waals surface area contributed by atoms with E-state index in [1.54, 1.807) is 12.1 Å². The molecule has 6 heteroatoms. The van der Waals surface area contributed by atoms with E-state index in [4.69, 9.17) is 16.3 Å². The summed E-state index contributed by atoms with van der Waals surface area (Å²) in [6, 6.07) is 6.10. The van der Waals surface area contributed by atoms with Crippen LogP contribution in [0.4, 0.5) is 0 Å². The molecule has 0 aliphatic rings. The number of rotatable bonds is 9. The maximum Gasteiger partial charge on any atom is 0.240 e. The molecule has 0 aliphatic carbocycles. The molecule has 0 bridgehead atoms. The van der Waals surface area contributed by atoms with Gasteiger partial charge in [0.25, 0.3) is 0 Å². The third-order valence-corrected chi connectivity index (χ3v) is 4.25. The average molecular weight is 306 g/mol. The van der Waals surface area contributed by atoms with E-state index in [2.05, 4.69) is 11.6 Å². The Morgan fingerprint density at radius 1 is 1.16 bits per heavy atom. The molecule has 0 amide bonds. The van der Waals surface area contributed by atoms with Gasteiger partial charge in [-0.05, 0) is 37.1 Å². The zero-order valence-electron chi connectivity index (χ0n) is 11.1. The van der Waals surface area contributed by atoms with E-state index in [1.165, 1.54) is 12.1 Å². The maximum atomic E-state index is 11.9. The predicted octanol–water partition coefficient (Wildman–Crippen LogP) is 2.83. The van der Waals surface area contributed by atoms with Gasteiger partial charge in [-0.25, -0.2) is 13.1 Å². The van der Waals surface area contributed by atoms with Crippen LogP contribution in [0.2, 0.25) is 5.02 Å². The van der Waals surface area contributed by atoms with Crippen molar-refractivity contribution in [2.24, 2.45) is 0 Å². The Bertz CT molecular complexity index is 459. The summed E-state index contributed by atoms with van der Waals surface area (Å²) in [5, 5.41) is 0.517. The predicted molar refractivity (Wildman–Crippen MR) is 77.0 cm³/mol. The largest absolute Gasteiger partial charge is 0.381 e. The monoisotopic (exact) mass is 305 g/mol. The van der Waals surface area contributed by atoms with Crippen molar-refractivity contribution in [2.75, 3.05) is 19.8 Å². The average Bonchev–Trinajstić information content (AvgIpc) is 2.38. The summed E-state index contributed by atoms with van der Waals surface area (Å²) in [6.45, 7) is 3.78. The molecule has 1 aromatic carbocycles. The van der Waals surface area contributed by atoms with Crippen molar-refractivity contribution in [1.82, 2.24) is 4.72 Å². The van der Waals surface area contributed by atoms with Gasteiger partial charge in [0.05, 0.1) is 4.90 Å². The fourth-order valence-electron chi connectivity index (χ4n) is 1.43. The molecule has 0 saturated heterocycles. The second kappa shape index (κ2) is 8.53. The van der Waals surface area contributed by atoms with Crippen LogP contribution in [-0.4, -0.2) is 28.2 Å². The molecule has 1 aromatic rings. The number of hydrogen-bond acceptors (Lipinski definition) is 3. The normalized spacial score (nSPS) is 11.7. The van der Waals surface area contributed by atoms with Crippen LogP contribution in [0.3, 0.4) is 0 Å². The number of ether oxygens (including phenoxy) is 1. The molecule has 1 N–H and O–H groups in total. The van der Waals surface area contributed by atoms with Crippen molar-refractivity contribution in [3.63, 3.8) is 0 Å². The van der Waals surface area contributed by atoms with E-state index in [0.29, 0.717) is 24.6 Å². The zero-order valence-corrected chi connectivity index (χ0v) is 12.6. The molecule has 19 heavy (non-hydrogen) atoms. The topological polar surface area (TPSA) is 55.4 Å². The van der Waals surface area contributed by atoms with Gasteiger partial charge >= 0.3 is 0 Å². The molecular formula is C13H20ClNO3S. The van der Waals surface area contributed by atoms with Crippen molar-refractivity contribution >= 4 is 21.6 Å². The lowest BCUT2D eigenvalue weighted by Crippen LogP contribution is -2.25. The van der Waals surface area contributed by atoms with Gasteiger partial charge in [0.15, 0.2) is 0 Å². The van der Waals surface area contributed by atoms with Gasteiger partial charge in [0, 0.05) is 24.8 Å². The highest BCUT2D eigenvalue weighted by Gasteiger charge is 2.12. The number of hydrogen-bond donors (Lipinski definition) is 1. The number of nitrogens with one attached hydrogen (secondary N) is 1. The Labute approximate surface area is 120 Å². The second-order valence-corrected chi connectivity index (χ2v) is 6.37. The van der Waals surface area contributed by atoms with Crippen molar-refractivity contribution in [2.45, 2.75) is 31.1 Å². The smallest absolute Gasteiger partial charge is 0.240 e. The first kappa shape index (κ1) is 16.4. The summed E-state index contributed by atoms with van der Waals surface area (Å²) in [4.78, 5) is 0.226. The van der Waals surface area contributed by atoms with Crippen LogP contribution in [0.15, 0.2) is 29.2 Å². The van der Waals surface area contributed by atoms with Gasteiger partial charge < -0.3 is 4.74 Å². The van der Waals surface area contributed by atoms with Crippen LogP contribution < -0.4 is 4.72 Å². The number of sulfonamides is 1. The summed E-state index contributed by atoms with van der Waals surface area (Å²) >= 11 is 5.72. The highest BCUT2D eigenvalue weighted by Crippen LogP contribution is 2.13. The van der Waals surface area contributed by atoms with Gasteiger partial charge in [0.1, 0.15) is 0 Å². The van der Waals surface area contributed by atoms with Crippen LogP contribution in [0.25, 0.3) is 0 Å². The quantitative estimate of drug-likeness (QED) is 0.714. The number of halogens is 1. The second-order valence-electron chi connectivity index (χ2n) is 4.17. The summed E-state index contributed by atoms with van der Waals surface area (Å²) in [5.74, 6) is 0. The van der Waals surface area contributed by atoms with Crippen molar-refractivity contribution in [3.05, 3.63) is 29.3 Å². The van der Waals surface area contributed by atoms with Crippen LogP contribution in [0.5, 0.6) is 0 Å². The van der Waals surface area contributed by atoms with Gasteiger partial charge in [-0.15, -0.1) is 0 Å². The number of benzene rings is 1. The molecule has 0 atom stereocenters. The Hall–Kier alpha value is -0.620. The standard InChI is InChI=1S/C13H20ClNO3S/c1-2-3-10-18-11-4-9-15-19(16,17)13-7-5-12(14)6-8-13/h5-8,15H,2-4,9-11H2,1H3. The van der Waals surface area contributed by atoms with E-state index in [9.17, 15) is 8.42 Å². The molecule has 0 aromatic heterocycles. The molecule has 0 fully saturated rings. The minimum Gasteiger partial charge on any atom is -0.381 e. The third-order valence-electron chi connectivity index (χ3n) is 2.52. The lowest BCUT2D eigenvalue weighted by atomic mass is 10.4. The molecule has 1 rings (SSSR count). The lowest BCUT2D eigenvalue weighted by molar-refractivity contribution is 0.130. The summed E-state index contributed by atoms with van der Waals surface area (Å²) < 4.78 is 31.7. The summed E-state index contributed by atoms with van der Waals surface area (Å²) in [6.07, 6.45) is 2.80. The Kier molecular flexibility index (Phi) is 7.38. The fourth-order valence-corrected chi connectivity index (χ4v) is 2.63. The summed E-state index contributed by atoms with van der Waals surface area (Å²) in [5.41, 5.74) is 0. The molecule has 0 spiro atoms. The van der Waals surface area contributed by atoms with Crippen molar-refractivity contribution in [1.29, 1.82) is 0 Å². The lowest BCUT2D eigenvalue weighted by Gasteiger charge is -2.07. The van der Waals surface area contributed by atoms with E-state index >= 15 is 0 Å². The van der Waals surface area contributed by atoms with Gasteiger partial charge in [-0.3, -0.25) is 0 Å².